The molecule has 1 aliphatic heterocycles. The maximum Gasteiger partial charge on any atom is 0.305 e. The zero-order valence-corrected chi connectivity index (χ0v) is 10.2. The van der Waals surface area contributed by atoms with Crippen molar-refractivity contribution >= 4 is 17.7 Å². The van der Waals surface area contributed by atoms with E-state index in [0.717, 1.165) is 24.6 Å². The van der Waals surface area contributed by atoms with Gasteiger partial charge in [-0.3, -0.25) is 4.79 Å². The summed E-state index contributed by atoms with van der Waals surface area (Å²) in [5, 5.41) is 15.4. The lowest BCUT2D eigenvalue weighted by molar-refractivity contribution is -0.139. The third-order valence-electron chi connectivity index (χ3n) is 2.54. The molecular formula is C10H20N2O2S. The summed E-state index contributed by atoms with van der Waals surface area (Å²) in [5.41, 5.74) is -0.209. The van der Waals surface area contributed by atoms with Gasteiger partial charge in [-0.05, 0) is 12.7 Å². The molecule has 3 N–H and O–H groups in total. The van der Waals surface area contributed by atoms with Gasteiger partial charge in [-0.2, -0.15) is 11.8 Å². The predicted molar refractivity (Wildman–Crippen MR) is 63.5 cm³/mol. The molecule has 15 heavy (non-hydrogen) atoms. The van der Waals surface area contributed by atoms with Gasteiger partial charge in [0, 0.05) is 24.9 Å². The van der Waals surface area contributed by atoms with E-state index in [2.05, 4.69) is 24.5 Å². The van der Waals surface area contributed by atoms with Crippen molar-refractivity contribution in [2.75, 3.05) is 24.6 Å². The highest BCUT2D eigenvalue weighted by Gasteiger charge is 2.39. The molecule has 0 saturated carbocycles. The average molecular weight is 232 g/mol. The molecule has 0 bridgehead atoms. The van der Waals surface area contributed by atoms with Gasteiger partial charge < -0.3 is 15.7 Å². The highest BCUT2D eigenvalue weighted by Crippen LogP contribution is 2.17. The minimum absolute atomic E-state index is 0.209. The van der Waals surface area contributed by atoms with Crippen LogP contribution in [0.3, 0.4) is 0 Å². The highest BCUT2D eigenvalue weighted by atomic mass is 32.2. The molecule has 0 aromatic heterocycles. The maximum absolute atomic E-state index is 10.7. The summed E-state index contributed by atoms with van der Waals surface area (Å²) in [6, 6.07) is 0.372. The first kappa shape index (κ1) is 12.8. The highest BCUT2D eigenvalue weighted by molar-refractivity contribution is 7.99. The molecule has 1 aliphatic rings. The van der Waals surface area contributed by atoms with Gasteiger partial charge in [-0.25, -0.2) is 0 Å². The van der Waals surface area contributed by atoms with Crippen LogP contribution < -0.4 is 10.6 Å². The lowest BCUT2D eigenvalue weighted by Gasteiger charge is -2.44. The number of hydrogen-bond acceptors (Lipinski definition) is 4. The number of rotatable bonds is 7. The summed E-state index contributed by atoms with van der Waals surface area (Å²) >= 11 is 1.88. The third kappa shape index (κ3) is 4.01. The topological polar surface area (TPSA) is 61.4 Å². The SMILES string of the molecule is CCSCC(C)NC1(CC(=O)O)CNC1. The van der Waals surface area contributed by atoms with Crippen LogP contribution in [-0.2, 0) is 4.79 Å². The molecule has 1 unspecified atom stereocenters. The van der Waals surface area contributed by atoms with Crippen molar-refractivity contribution in [3.05, 3.63) is 0 Å². The molecular weight excluding hydrogens is 212 g/mol. The van der Waals surface area contributed by atoms with Gasteiger partial charge in [0.25, 0.3) is 0 Å². The van der Waals surface area contributed by atoms with Gasteiger partial charge >= 0.3 is 5.97 Å². The molecule has 88 valence electrons. The molecule has 4 nitrogen and oxygen atoms in total. The van der Waals surface area contributed by atoms with Crippen molar-refractivity contribution in [1.29, 1.82) is 0 Å². The van der Waals surface area contributed by atoms with E-state index in [-0.39, 0.29) is 12.0 Å². The zero-order chi connectivity index (χ0) is 11.3. The van der Waals surface area contributed by atoms with E-state index in [9.17, 15) is 4.79 Å². The van der Waals surface area contributed by atoms with Crippen LogP contribution >= 0.6 is 11.8 Å². The first-order chi connectivity index (χ1) is 7.08. The molecule has 1 rings (SSSR count). The molecule has 5 heteroatoms. The van der Waals surface area contributed by atoms with Gasteiger partial charge in [-0.15, -0.1) is 0 Å². The Bertz CT molecular complexity index is 219. The molecule has 0 radical (unpaired) electrons. The fourth-order valence-electron chi connectivity index (χ4n) is 1.85. The summed E-state index contributed by atoms with van der Waals surface area (Å²) < 4.78 is 0. The molecule has 1 atom stereocenters. The van der Waals surface area contributed by atoms with Crippen molar-refractivity contribution in [3.8, 4) is 0 Å². The van der Waals surface area contributed by atoms with E-state index >= 15 is 0 Å². The first-order valence-corrected chi connectivity index (χ1v) is 6.51. The van der Waals surface area contributed by atoms with Gasteiger partial charge in [0.15, 0.2) is 0 Å². The Morgan fingerprint density at radius 2 is 2.33 bits per heavy atom. The monoisotopic (exact) mass is 232 g/mol. The minimum atomic E-state index is -0.723. The number of thioether (sulfide) groups is 1. The molecule has 0 aliphatic carbocycles. The summed E-state index contributed by atoms with van der Waals surface area (Å²) in [4.78, 5) is 10.7. The zero-order valence-electron chi connectivity index (χ0n) is 9.38. The van der Waals surface area contributed by atoms with Crippen LogP contribution in [0.1, 0.15) is 20.3 Å². The van der Waals surface area contributed by atoms with Gasteiger partial charge in [0.1, 0.15) is 0 Å². The number of nitrogens with one attached hydrogen (secondary N) is 2. The first-order valence-electron chi connectivity index (χ1n) is 5.36. The second-order valence-electron chi connectivity index (χ2n) is 4.16. The van der Waals surface area contributed by atoms with Gasteiger partial charge in [0.05, 0.1) is 12.0 Å². The summed E-state index contributed by atoms with van der Waals surface area (Å²) in [7, 11) is 0. The summed E-state index contributed by atoms with van der Waals surface area (Å²) in [5.74, 6) is 1.42. The molecule has 0 aromatic rings. The van der Waals surface area contributed by atoms with Gasteiger partial charge in [0.2, 0.25) is 0 Å². The number of aliphatic carboxylic acids is 1. The third-order valence-corrected chi connectivity index (χ3v) is 3.68. The predicted octanol–water partition coefficient (Wildman–Crippen LogP) is 0.534. The van der Waals surface area contributed by atoms with Crippen LogP contribution in [0.4, 0.5) is 0 Å². The van der Waals surface area contributed by atoms with Crippen LogP contribution in [0.15, 0.2) is 0 Å². The van der Waals surface area contributed by atoms with E-state index in [1.807, 2.05) is 11.8 Å². The second-order valence-corrected chi connectivity index (χ2v) is 5.48. The van der Waals surface area contributed by atoms with Crippen LogP contribution in [-0.4, -0.2) is 47.3 Å². The van der Waals surface area contributed by atoms with Crippen molar-refractivity contribution in [2.45, 2.75) is 31.8 Å². The molecule has 0 amide bonds. The molecule has 1 fully saturated rings. The number of carboxylic acids is 1. The van der Waals surface area contributed by atoms with E-state index in [1.165, 1.54) is 0 Å². The second kappa shape index (κ2) is 5.72. The molecule has 0 spiro atoms. The quantitative estimate of drug-likeness (QED) is 0.598. The maximum atomic E-state index is 10.7. The minimum Gasteiger partial charge on any atom is -0.481 e. The number of carbonyl (C=O) groups is 1. The lowest BCUT2D eigenvalue weighted by atomic mass is 9.88. The van der Waals surface area contributed by atoms with E-state index in [0.29, 0.717) is 6.04 Å². The summed E-state index contributed by atoms with van der Waals surface area (Å²) in [6.45, 7) is 5.78. The standard InChI is InChI=1S/C10H20N2O2S/c1-3-15-5-8(2)12-10(4-9(13)14)6-11-7-10/h8,11-12H,3-7H2,1-2H3,(H,13,14). The normalized spacial score (nSPS) is 20.7. The van der Waals surface area contributed by atoms with Crippen molar-refractivity contribution < 1.29 is 9.90 Å². The van der Waals surface area contributed by atoms with Crippen LogP contribution in [0, 0.1) is 0 Å². The van der Waals surface area contributed by atoms with Crippen LogP contribution in [0.2, 0.25) is 0 Å². The lowest BCUT2D eigenvalue weighted by Crippen LogP contribution is -2.70. The molecule has 1 saturated heterocycles. The van der Waals surface area contributed by atoms with Crippen molar-refractivity contribution in [1.82, 2.24) is 10.6 Å². The Labute approximate surface area is 95.2 Å². The van der Waals surface area contributed by atoms with Gasteiger partial charge in [-0.1, -0.05) is 6.92 Å². The Morgan fingerprint density at radius 3 is 2.73 bits per heavy atom. The van der Waals surface area contributed by atoms with E-state index < -0.39 is 5.97 Å². The largest absolute Gasteiger partial charge is 0.481 e. The number of carboxylic acid groups (broad SMARTS) is 1. The van der Waals surface area contributed by atoms with E-state index in [1.54, 1.807) is 0 Å². The number of hydrogen-bond donors (Lipinski definition) is 3. The Balaban J connectivity index is 2.35. The Morgan fingerprint density at radius 1 is 1.67 bits per heavy atom. The fourth-order valence-corrected chi connectivity index (χ4v) is 2.53. The van der Waals surface area contributed by atoms with E-state index in [4.69, 9.17) is 5.11 Å². The van der Waals surface area contributed by atoms with Crippen LogP contribution in [0.5, 0.6) is 0 Å². The molecule has 0 aromatic carbocycles. The van der Waals surface area contributed by atoms with Crippen molar-refractivity contribution in [2.24, 2.45) is 0 Å². The Kier molecular flexibility index (Phi) is 4.89. The Hall–Kier alpha value is -0.260. The van der Waals surface area contributed by atoms with Crippen molar-refractivity contribution in [3.63, 3.8) is 0 Å². The fraction of sp³-hybridized carbons (Fsp3) is 0.900. The summed E-state index contributed by atoms with van der Waals surface area (Å²) in [6.07, 6.45) is 0.209. The average Bonchev–Trinajstić information content (AvgIpc) is 2.10. The smallest absolute Gasteiger partial charge is 0.305 e. The molecule has 1 heterocycles. The van der Waals surface area contributed by atoms with Crippen LogP contribution in [0.25, 0.3) is 0 Å².